The van der Waals surface area contributed by atoms with Gasteiger partial charge < -0.3 is 9.47 Å². The van der Waals surface area contributed by atoms with E-state index >= 15 is 0 Å². The summed E-state index contributed by atoms with van der Waals surface area (Å²) in [6.07, 6.45) is 6.37. The summed E-state index contributed by atoms with van der Waals surface area (Å²) in [5.74, 6) is -0.514. The Kier molecular flexibility index (Phi) is 6.20. The Bertz CT molecular complexity index is 1190. The highest BCUT2D eigenvalue weighted by atomic mass is 79.9. The number of hydrogen-bond acceptors (Lipinski definition) is 5. The van der Waals surface area contributed by atoms with Gasteiger partial charge >= 0.3 is 0 Å². The number of imide groups is 1. The third kappa shape index (κ3) is 3.92. The van der Waals surface area contributed by atoms with E-state index in [1.54, 1.807) is 18.2 Å². The molecule has 1 saturated carbocycles. The number of rotatable bonds is 7. The minimum absolute atomic E-state index is 0.120. The molecule has 0 N–H and O–H groups in total. The molecule has 9 heteroatoms. The molecule has 0 unspecified atom stereocenters. The van der Waals surface area contributed by atoms with Crippen molar-refractivity contribution in [3.63, 3.8) is 0 Å². The normalized spacial score (nSPS) is 25.0. The highest BCUT2D eigenvalue weighted by Crippen LogP contribution is 2.52. The standard InChI is InChI=1S/C25H21BrClFN2O4/c1-2-33-18-10-16(21(26)22(27)23(18)34-12-13-3-7-17(28)8-4-13)11-29-30-24(31)19-14-5-6-15(9-14)20(19)25(30)32/h3-8,10-11,14-15,19-20H,2,9,12H2,1H3/t14-,15-,19-,20+/m0/s1. The van der Waals surface area contributed by atoms with E-state index in [1.165, 1.54) is 18.3 Å². The maximum absolute atomic E-state index is 13.2. The molecule has 2 aromatic rings. The minimum atomic E-state index is -0.328. The predicted octanol–water partition coefficient (Wildman–Crippen LogP) is 5.36. The van der Waals surface area contributed by atoms with E-state index in [9.17, 15) is 14.0 Å². The van der Waals surface area contributed by atoms with E-state index in [2.05, 4.69) is 21.0 Å². The lowest BCUT2D eigenvalue weighted by Gasteiger charge is -2.16. The van der Waals surface area contributed by atoms with Crippen LogP contribution in [0.3, 0.4) is 0 Å². The first-order valence-electron chi connectivity index (χ1n) is 11.0. The molecule has 2 aromatic carbocycles. The Morgan fingerprint density at radius 3 is 2.41 bits per heavy atom. The lowest BCUT2D eigenvalue weighted by molar-refractivity contribution is -0.140. The number of nitrogens with zero attached hydrogens (tertiary/aromatic N) is 2. The number of hydrogen-bond donors (Lipinski definition) is 0. The largest absolute Gasteiger partial charge is 0.490 e. The third-order valence-electron chi connectivity index (χ3n) is 6.51. The summed E-state index contributed by atoms with van der Waals surface area (Å²) in [5, 5.41) is 5.47. The molecule has 0 aromatic heterocycles. The van der Waals surface area contributed by atoms with E-state index in [0.717, 1.165) is 17.0 Å². The average Bonchev–Trinajstić information content (AvgIpc) is 3.51. The Morgan fingerprint density at radius 1 is 1.15 bits per heavy atom. The van der Waals surface area contributed by atoms with Gasteiger partial charge in [-0.05, 0) is 64.9 Å². The van der Waals surface area contributed by atoms with Gasteiger partial charge in [-0.25, -0.2) is 4.39 Å². The van der Waals surface area contributed by atoms with Crippen molar-refractivity contribution in [2.45, 2.75) is 20.0 Å². The number of allylic oxidation sites excluding steroid dienone is 2. The first-order valence-corrected chi connectivity index (χ1v) is 12.2. The van der Waals surface area contributed by atoms with Crippen LogP contribution in [-0.2, 0) is 16.2 Å². The molecule has 1 aliphatic heterocycles. The summed E-state index contributed by atoms with van der Waals surface area (Å²) < 4.78 is 25.3. The van der Waals surface area contributed by atoms with Crippen molar-refractivity contribution in [3.8, 4) is 11.5 Å². The zero-order valence-corrected chi connectivity index (χ0v) is 20.6. The highest BCUT2D eigenvalue weighted by molar-refractivity contribution is 9.10. The monoisotopic (exact) mass is 546 g/mol. The van der Waals surface area contributed by atoms with Crippen molar-refractivity contribution < 1.29 is 23.5 Å². The van der Waals surface area contributed by atoms with Gasteiger partial charge in [0.25, 0.3) is 11.8 Å². The van der Waals surface area contributed by atoms with Crippen molar-refractivity contribution in [3.05, 3.63) is 68.9 Å². The van der Waals surface area contributed by atoms with Crippen LogP contribution in [0, 0.1) is 29.5 Å². The van der Waals surface area contributed by atoms with Gasteiger partial charge in [0, 0.05) is 10.0 Å². The van der Waals surface area contributed by atoms with Crippen molar-refractivity contribution in [1.82, 2.24) is 5.01 Å². The molecule has 0 radical (unpaired) electrons. The smallest absolute Gasteiger partial charge is 0.254 e. The molecule has 4 atom stereocenters. The summed E-state index contributed by atoms with van der Waals surface area (Å²) in [6.45, 7) is 2.36. The van der Waals surface area contributed by atoms with Gasteiger partial charge in [0.1, 0.15) is 17.4 Å². The fourth-order valence-electron chi connectivity index (χ4n) is 4.95. The van der Waals surface area contributed by atoms with Gasteiger partial charge in [0.15, 0.2) is 11.5 Å². The second-order valence-electron chi connectivity index (χ2n) is 8.50. The lowest BCUT2D eigenvalue weighted by atomic mass is 9.85. The second kappa shape index (κ2) is 9.15. The molecule has 2 bridgehead atoms. The number of fused-ring (bicyclic) bond motifs is 5. The van der Waals surface area contributed by atoms with Crippen LogP contribution in [0.25, 0.3) is 0 Å². The van der Waals surface area contributed by atoms with Gasteiger partial charge in [-0.3, -0.25) is 9.59 Å². The Balaban J connectivity index is 1.39. The molecule has 3 aliphatic rings. The van der Waals surface area contributed by atoms with Crippen molar-refractivity contribution in [2.75, 3.05) is 6.61 Å². The van der Waals surface area contributed by atoms with Crippen LogP contribution in [0.15, 0.2) is 52.1 Å². The number of benzene rings is 2. The van der Waals surface area contributed by atoms with E-state index in [0.29, 0.717) is 28.1 Å². The van der Waals surface area contributed by atoms with Crippen LogP contribution in [0.4, 0.5) is 4.39 Å². The first kappa shape index (κ1) is 23.1. The second-order valence-corrected chi connectivity index (χ2v) is 9.67. The molecule has 2 amide bonds. The topological polar surface area (TPSA) is 68.2 Å². The van der Waals surface area contributed by atoms with Crippen LogP contribution < -0.4 is 9.47 Å². The van der Waals surface area contributed by atoms with Crippen LogP contribution >= 0.6 is 27.5 Å². The minimum Gasteiger partial charge on any atom is -0.490 e. The van der Waals surface area contributed by atoms with Crippen LogP contribution in [0.5, 0.6) is 11.5 Å². The zero-order chi connectivity index (χ0) is 24.0. The van der Waals surface area contributed by atoms with Gasteiger partial charge in [0.05, 0.1) is 24.7 Å². The van der Waals surface area contributed by atoms with Gasteiger partial charge in [-0.15, -0.1) is 0 Å². The van der Waals surface area contributed by atoms with Gasteiger partial charge in [-0.2, -0.15) is 10.1 Å². The summed E-state index contributed by atoms with van der Waals surface area (Å²) in [6, 6.07) is 7.65. The SMILES string of the molecule is CCOc1cc(C=NN2C(=O)[C@@H]3[C@H](C2=O)[C@H]2C=C[C@H]3C2)c(Br)c(Cl)c1OCc1ccc(F)cc1. The molecular weight excluding hydrogens is 527 g/mol. The van der Waals surface area contributed by atoms with E-state index < -0.39 is 0 Å². The molecule has 5 rings (SSSR count). The van der Waals surface area contributed by atoms with Crippen molar-refractivity contribution >= 4 is 45.6 Å². The van der Waals surface area contributed by atoms with E-state index in [1.807, 2.05) is 19.1 Å². The van der Waals surface area contributed by atoms with E-state index in [-0.39, 0.29) is 52.9 Å². The fraction of sp³-hybridized carbons (Fsp3) is 0.320. The van der Waals surface area contributed by atoms with Gasteiger partial charge in [0.2, 0.25) is 0 Å². The quantitative estimate of drug-likeness (QED) is 0.266. The molecule has 34 heavy (non-hydrogen) atoms. The van der Waals surface area contributed by atoms with Crippen LogP contribution in [-0.4, -0.2) is 29.6 Å². The molecule has 1 saturated heterocycles. The molecule has 0 spiro atoms. The Hall–Kier alpha value is -2.71. The van der Waals surface area contributed by atoms with Crippen molar-refractivity contribution in [1.29, 1.82) is 0 Å². The Morgan fingerprint density at radius 2 is 1.79 bits per heavy atom. The van der Waals surface area contributed by atoms with Crippen LogP contribution in [0.1, 0.15) is 24.5 Å². The van der Waals surface area contributed by atoms with E-state index in [4.69, 9.17) is 21.1 Å². The molecule has 6 nitrogen and oxygen atoms in total. The van der Waals surface area contributed by atoms with Gasteiger partial charge in [-0.1, -0.05) is 35.9 Å². The summed E-state index contributed by atoms with van der Waals surface area (Å²) in [4.78, 5) is 25.8. The maximum atomic E-state index is 13.2. The molecule has 2 aliphatic carbocycles. The Labute approximate surface area is 209 Å². The number of amides is 2. The number of carbonyl (C=O) groups excluding carboxylic acids is 2. The average molecular weight is 548 g/mol. The molecule has 176 valence electrons. The summed E-state index contributed by atoms with van der Waals surface area (Å²) >= 11 is 10.0. The molecular formula is C25H21BrClFN2O4. The number of carbonyl (C=O) groups is 2. The predicted molar refractivity (Wildman–Crippen MR) is 128 cm³/mol. The molecule has 2 fully saturated rings. The number of hydrazone groups is 1. The number of halogens is 3. The maximum Gasteiger partial charge on any atom is 0.254 e. The fourth-order valence-corrected chi connectivity index (χ4v) is 5.61. The lowest BCUT2D eigenvalue weighted by Crippen LogP contribution is -2.28. The summed E-state index contributed by atoms with van der Waals surface area (Å²) in [5.41, 5.74) is 1.29. The highest BCUT2D eigenvalue weighted by Gasteiger charge is 2.59. The first-order chi connectivity index (χ1) is 16.4. The summed E-state index contributed by atoms with van der Waals surface area (Å²) in [7, 11) is 0. The van der Waals surface area contributed by atoms with Crippen LogP contribution in [0.2, 0.25) is 5.02 Å². The van der Waals surface area contributed by atoms with Crippen molar-refractivity contribution in [2.24, 2.45) is 28.8 Å². The molecule has 1 heterocycles. The third-order valence-corrected chi connectivity index (χ3v) is 7.95. The zero-order valence-electron chi connectivity index (χ0n) is 18.2. The number of ether oxygens (including phenoxy) is 2.